The van der Waals surface area contributed by atoms with E-state index in [1.165, 1.54) is 22.8 Å². The molecule has 9 heteroatoms. The Balaban J connectivity index is 1.75. The van der Waals surface area contributed by atoms with Crippen LogP contribution >= 0.6 is 11.6 Å². The molecule has 2 aromatic rings. The van der Waals surface area contributed by atoms with E-state index in [1.54, 1.807) is 24.5 Å². The molecule has 2 aliphatic rings. The van der Waals surface area contributed by atoms with Crippen molar-refractivity contribution >= 4 is 34.2 Å². The molecule has 2 aliphatic heterocycles. The summed E-state index contributed by atoms with van der Waals surface area (Å²) >= 11 is 5.90. The molecule has 3 heterocycles. The highest BCUT2D eigenvalue weighted by Crippen LogP contribution is 2.32. The number of aromatic nitrogens is 2. The van der Waals surface area contributed by atoms with Crippen LogP contribution in [0, 0.1) is 5.92 Å². The van der Waals surface area contributed by atoms with Gasteiger partial charge in [0.2, 0.25) is 10.0 Å². The van der Waals surface area contributed by atoms with Crippen molar-refractivity contribution in [2.75, 3.05) is 6.54 Å². The van der Waals surface area contributed by atoms with E-state index >= 15 is 0 Å². The van der Waals surface area contributed by atoms with E-state index in [1.807, 2.05) is 0 Å². The van der Waals surface area contributed by atoms with Crippen LogP contribution in [0.2, 0.25) is 5.02 Å². The lowest BCUT2D eigenvalue weighted by Gasteiger charge is -2.37. The lowest BCUT2D eigenvalue weighted by molar-refractivity contribution is 0.253. The Morgan fingerprint density at radius 1 is 1.24 bits per heavy atom. The van der Waals surface area contributed by atoms with Gasteiger partial charge in [0.05, 0.1) is 17.6 Å². The normalized spacial score (nSPS) is 23.6. The number of aliphatic imine (C=N–C) groups is 2. The molecule has 7 nitrogen and oxygen atoms in total. The van der Waals surface area contributed by atoms with Gasteiger partial charge in [-0.1, -0.05) is 11.6 Å². The molecule has 0 saturated heterocycles. The molecule has 0 aliphatic carbocycles. The SMILES string of the molecule is O=S(=O)(c1ccc(Cl)cc1)N1Cc2cn[nH]c2C[C@@H]1C1C=NC=NC1. The molecule has 130 valence electrons. The first-order chi connectivity index (χ1) is 12.1. The Morgan fingerprint density at radius 2 is 2.04 bits per heavy atom. The van der Waals surface area contributed by atoms with Gasteiger partial charge >= 0.3 is 0 Å². The number of H-pyrrole nitrogens is 1. The minimum Gasteiger partial charge on any atom is -0.282 e. The first kappa shape index (κ1) is 16.4. The zero-order valence-electron chi connectivity index (χ0n) is 13.2. The van der Waals surface area contributed by atoms with Crippen molar-refractivity contribution in [3.63, 3.8) is 0 Å². The smallest absolute Gasteiger partial charge is 0.243 e. The summed E-state index contributed by atoms with van der Waals surface area (Å²) in [7, 11) is -3.68. The molecule has 25 heavy (non-hydrogen) atoms. The number of halogens is 1. The minimum absolute atomic E-state index is 0.0801. The van der Waals surface area contributed by atoms with E-state index in [0.29, 0.717) is 18.0 Å². The molecule has 4 rings (SSSR count). The van der Waals surface area contributed by atoms with Crippen LogP contribution in [-0.2, 0) is 23.0 Å². The maximum Gasteiger partial charge on any atom is 0.243 e. The van der Waals surface area contributed by atoms with Crippen molar-refractivity contribution < 1.29 is 8.42 Å². The van der Waals surface area contributed by atoms with Crippen LogP contribution in [0.3, 0.4) is 0 Å². The van der Waals surface area contributed by atoms with Crippen molar-refractivity contribution in [2.45, 2.75) is 23.9 Å². The fourth-order valence-electron chi connectivity index (χ4n) is 3.25. The third-order valence-corrected chi connectivity index (χ3v) is 6.71. The molecule has 2 atom stereocenters. The summed E-state index contributed by atoms with van der Waals surface area (Å²) in [6.45, 7) is 0.791. The summed E-state index contributed by atoms with van der Waals surface area (Å²) in [5, 5.41) is 7.53. The average Bonchev–Trinajstić information content (AvgIpc) is 3.09. The molecule has 1 N–H and O–H groups in total. The molecule has 1 aromatic carbocycles. The molecule has 1 aromatic heterocycles. The highest BCUT2D eigenvalue weighted by Gasteiger charge is 2.40. The van der Waals surface area contributed by atoms with Crippen LogP contribution in [0.4, 0.5) is 0 Å². The molecule has 0 saturated carbocycles. The summed E-state index contributed by atoms with van der Waals surface area (Å²) in [5.41, 5.74) is 1.86. The van der Waals surface area contributed by atoms with Crippen LogP contribution in [0.15, 0.2) is 45.3 Å². The first-order valence-corrected chi connectivity index (χ1v) is 9.67. The molecule has 1 unspecified atom stereocenters. The maximum absolute atomic E-state index is 13.3. The molecular formula is C16H16ClN5O2S. The summed E-state index contributed by atoms with van der Waals surface area (Å²) in [6, 6.07) is 5.97. The van der Waals surface area contributed by atoms with Gasteiger partial charge in [-0.05, 0) is 24.3 Å². The summed E-state index contributed by atoms with van der Waals surface area (Å²) in [4.78, 5) is 8.51. The quantitative estimate of drug-likeness (QED) is 0.885. The van der Waals surface area contributed by atoms with Gasteiger partial charge in [0.25, 0.3) is 0 Å². The number of benzene rings is 1. The van der Waals surface area contributed by atoms with Crippen molar-refractivity contribution in [3.8, 4) is 0 Å². The van der Waals surface area contributed by atoms with Crippen molar-refractivity contribution in [1.29, 1.82) is 0 Å². The van der Waals surface area contributed by atoms with E-state index in [-0.39, 0.29) is 23.4 Å². The van der Waals surface area contributed by atoms with Gasteiger partial charge in [-0.25, -0.2) is 13.4 Å². The Kier molecular flexibility index (Phi) is 4.18. The van der Waals surface area contributed by atoms with Gasteiger partial charge in [0.1, 0.15) is 6.34 Å². The van der Waals surface area contributed by atoms with Crippen molar-refractivity contribution in [1.82, 2.24) is 14.5 Å². The number of aromatic amines is 1. The minimum atomic E-state index is -3.68. The highest BCUT2D eigenvalue weighted by molar-refractivity contribution is 7.89. The van der Waals surface area contributed by atoms with Gasteiger partial charge in [0, 0.05) is 47.4 Å². The number of hydrogen-bond acceptors (Lipinski definition) is 5. The monoisotopic (exact) mass is 377 g/mol. The zero-order chi connectivity index (χ0) is 17.4. The Labute approximate surface area is 150 Å². The molecule has 0 radical (unpaired) electrons. The van der Waals surface area contributed by atoms with Crippen molar-refractivity contribution in [3.05, 3.63) is 46.7 Å². The van der Waals surface area contributed by atoms with E-state index in [2.05, 4.69) is 20.2 Å². The van der Waals surface area contributed by atoms with Crippen LogP contribution < -0.4 is 0 Å². The van der Waals surface area contributed by atoms with Crippen LogP contribution in [0.1, 0.15) is 11.3 Å². The number of nitrogens with one attached hydrogen (secondary N) is 1. The standard InChI is InChI=1S/C16H16ClN5O2S/c17-13-1-3-14(4-2-13)25(23,24)22-9-12-8-20-21-15(12)5-16(22)11-6-18-10-19-7-11/h1-4,6,8,10-11,16H,5,7,9H2,(H,20,21)/t11?,16-/m1/s1. The lowest BCUT2D eigenvalue weighted by Crippen LogP contribution is -2.49. The van der Waals surface area contributed by atoms with Gasteiger partial charge in [-0.2, -0.15) is 9.40 Å². The van der Waals surface area contributed by atoms with Gasteiger partial charge < -0.3 is 0 Å². The van der Waals surface area contributed by atoms with E-state index in [9.17, 15) is 8.42 Å². The number of sulfonamides is 1. The largest absolute Gasteiger partial charge is 0.282 e. The van der Waals surface area contributed by atoms with Gasteiger partial charge in [-0.3, -0.25) is 10.1 Å². The van der Waals surface area contributed by atoms with E-state index in [0.717, 1.165) is 11.3 Å². The number of fused-ring (bicyclic) bond motifs is 1. The zero-order valence-corrected chi connectivity index (χ0v) is 14.8. The molecule has 0 spiro atoms. The molecule has 0 fully saturated rings. The highest BCUT2D eigenvalue weighted by atomic mass is 35.5. The predicted molar refractivity (Wildman–Crippen MR) is 95.6 cm³/mol. The fourth-order valence-corrected chi connectivity index (χ4v) is 5.02. The molecular weight excluding hydrogens is 362 g/mol. The maximum atomic E-state index is 13.3. The van der Waals surface area contributed by atoms with Crippen LogP contribution in [-0.4, -0.2) is 48.1 Å². The second-order valence-corrected chi connectivity index (χ2v) is 8.42. The Bertz CT molecular complexity index is 936. The first-order valence-electron chi connectivity index (χ1n) is 7.86. The topological polar surface area (TPSA) is 90.8 Å². The summed E-state index contributed by atoms with van der Waals surface area (Å²) in [5.74, 6) is -0.0801. The second kappa shape index (κ2) is 6.36. The Morgan fingerprint density at radius 3 is 2.76 bits per heavy atom. The predicted octanol–water partition coefficient (Wildman–Crippen LogP) is 1.91. The number of rotatable bonds is 3. The third kappa shape index (κ3) is 3.01. The number of nitrogens with zero attached hydrogens (tertiary/aromatic N) is 4. The van der Waals surface area contributed by atoms with Crippen LogP contribution in [0.25, 0.3) is 0 Å². The average molecular weight is 378 g/mol. The molecule has 0 amide bonds. The summed E-state index contributed by atoms with van der Waals surface area (Å²) < 4.78 is 28.0. The Hall–Kier alpha value is -2.03. The van der Waals surface area contributed by atoms with Crippen LogP contribution in [0.5, 0.6) is 0 Å². The third-order valence-electron chi connectivity index (χ3n) is 4.57. The van der Waals surface area contributed by atoms with E-state index < -0.39 is 10.0 Å². The van der Waals surface area contributed by atoms with Gasteiger partial charge in [0.15, 0.2) is 0 Å². The fraction of sp³-hybridized carbons (Fsp3) is 0.312. The molecule has 0 bridgehead atoms. The number of hydrogen-bond donors (Lipinski definition) is 1. The second-order valence-electron chi connectivity index (χ2n) is 6.09. The van der Waals surface area contributed by atoms with Gasteiger partial charge in [-0.15, -0.1) is 0 Å². The van der Waals surface area contributed by atoms with E-state index in [4.69, 9.17) is 11.6 Å². The summed E-state index contributed by atoms with van der Waals surface area (Å²) in [6.07, 6.45) is 5.51. The lowest BCUT2D eigenvalue weighted by atomic mass is 9.92. The van der Waals surface area contributed by atoms with Crippen molar-refractivity contribution in [2.24, 2.45) is 15.9 Å².